The molecule has 1 saturated heterocycles. The smallest absolute Gasteiger partial charge is 0.322 e. The summed E-state index contributed by atoms with van der Waals surface area (Å²) in [5, 5.41) is 12.4. The number of nitrogens with zero attached hydrogens (tertiary/aromatic N) is 4. The van der Waals surface area contributed by atoms with Crippen LogP contribution in [0.1, 0.15) is 36.8 Å². The summed E-state index contributed by atoms with van der Waals surface area (Å²) >= 11 is 0. The molecule has 150 valence electrons. The van der Waals surface area contributed by atoms with Crippen LogP contribution in [0.4, 0.5) is 10.5 Å². The first-order valence-corrected chi connectivity index (χ1v) is 10.1. The average molecular weight is 390 g/mol. The minimum absolute atomic E-state index is 0.00900. The van der Waals surface area contributed by atoms with Gasteiger partial charge in [0, 0.05) is 11.7 Å². The third-order valence-electron chi connectivity index (χ3n) is 6.73. The third kappa shape index (κ3) is 3.36. The van der Waals surface area contributed by atoms with Crippen molar-refractivity contribution in [3.8, 4) is 6.07 Å². The predicted octanol–water partition coefficient (Wildman–Crippen LogP) is 3.45. The lowest BCUT2D eigenvalue weighted by atomic mass is 9.69. The number of carbonyl (C=O) groups is 1. The van der Waals surface area contributed by atoms with Crippen LogP contribution < -0.4 is 10.2 Å². The van der Waals surface area contributed by atoms with Gasteiger partial charge in [0.25, 0.3) is 0 Å². The van der Waals surface area contributed by atoms with Gasteiger partial charge in [-0.2, -0.15) is 5.26 Å². The van der Waals surface area contributed by atoms with E-state index in [1.54, 1.807) is 17.3 Å². The van der Waals surface area contributed by atoms with Gasteiger partial charge in [-0.3, -0.25) is 14.8 Å². The van der Waals surface area contributed by atoms with Crippen LogP contribution >= 0.6 is 0 Å². The SMILES string of the molecule is CN(C)[C@]1(c2ccccc2)CC[C@]2(CC1)CN(c1cnccc1CC#N)C(=O)N2. The van der Waals surface area contributed by atoms with E-state index < -0.39 is 0 Å². The number of hydrogen-bond acceptors (Lipinski definition) is 4. The van der Waals surface area contributed by atoms with Gasteiger partial charge in [0.2, 0.25) is 0 Å². The molecule has 1 aromatic carbocycles. The molecule has 1 saturated carbocycles. The molecular weight excluding hydrogens is 362 g/mol. The van der Waals surface area contributed by atoms with Gasteiger partial charge in [0.05, 0.1) is 36.5 Å². The number of amides is 2. The second-order valence-electron chi connectivity index (χ2n) is 8.43. The number of carbonyl (C=O) groups excluding carboxylic acids is 1. The molecule has 2 aliphatic rings. The number of anilines is 1. The summed E-state index contributed by atoms with van der Waals surface area (Å²) in [4.78, 5) is 21.1. The second-order valence-corrected chi connectivity index (χ2v) is 8.43. The fourth-order valence-electron chi connectivity index (χ4n) is 4.96. The topological polar surface area (TPSA) is 72.3 Å². The van der Waals surface area contributed by atoms with E-state index in [-0.39, 0.29) is 23.5 Å². The number of hydrogen-bond donors (Lipinski definition) is 1. The van der Waals surface area contributed by atoms with Gasteiger partial charge in [-0.05, 0) is 57.0 Å². The standard InChI is InChI=1S/C23H27N5O/c1-27(2)23(19-6-4-3-5-7-19)12-10-22(11-13-23)17-28(21(29)26-22)20-16-25-15-9-18(20)8-14-24/h3-7,9,15-16H,8,10-13,17H2,1-2H3,(H,26,29)/t22-,23+. The summed E-state index contributed by atoms with van der Waals surface area (Å²) in [6.45, 7) is 0.619. The van der Waals surface area contributed by atoms with Gasteiger partial charge in [-0.25, -0.2) is 4.79 Å². The van der Waals surface area contributed by atoms with E-state index >= 15 is 0 Å². The Morgan fingerprint density at radius 2 is 1.90 bits per heavy atom. The van der Waals surface area contributed by atoms with Crippen molar-refractivity contribution >= 4 is 11.7 Å². The molecule has 29 heavy (non-hydrogen) atoms. The number of aromatic nitrogens is 1. The molecule has 6 nitrogen and oxygen atoms in total. The predicted molar refractivity (Wildman–Crippen MR) is 112 cm³/mol. The first-order valence-electron chi connectivity index (χ1n) is 10.1. The Morgan fingerprint density at radius 1 is 1.17 bits per heavy atom. The molecule has 2 amide bonds. The van der Waals surface area contributed by atoms with Crippen LogP contribution in [0.15, 0.2) is 48.8 Å². The minimum Gasteiger partial charge on any atom is -0.330 e. The molecular formula is C23H27N5O. The van der Waals surface area contributed by atoms with Gasteiger partial charge in [0.15, 0.2) is 0 Å². The Bertz CT molecular complexity index is 926. The van der Waals surface area contributed by atoms with Crippen molar-refractivity contribution in [1.29, 1.82) is 5.26 Å². The maximum Gasteiger partial charge on any atom is 0.322 e. The van der Waals surface area contributed by atoms with Crippen LogP contribution in [0.5, 0.6) is 0 Å². The Balaban J connectivity index is 1.57. The molecule has 1 aliphatic carbocycles. The van der Waals surface area contributed by atoms with Gasteiger partial charge in [0.1, 0.15) is 0 Å². The number of pyridine rings is 1. The fourth-order valence-corrected chi connectivity index (χ4v) is 4.96. The van der Waals surface area contributed by atoms with Crippen molar-refractivity contribution in [3.05, 3.63) is 59.9 Å². The zero-order valence-corrected chi connectivity index (χ0v) is 17.1. The molecule has 1 aromatic heterocycles. The van der Waals surface area contributed by atoms with Crippen molar-refractivity contribution in [2.45, 2.75) is 43.2 Å². The third-order valence-corrected chi connectivity index (χ3v) is 6.73. The Kier molecular flexibility index (Phi) is 5.01. The van der Waals surface area contributed by atoms with Crippen molar-refractivity contribution in [1.82, 2.24) is 15.2 Å². The number of benzene rings is 1. The molecule has 6 heteroatoms. The zero-order valence-electron chi connectivity index (χ0n) is 17.1. The molecule has 1 aliphatic heterocycles. The summed E-state index contributed by atoms with van der Waals surface area (Å²) in [5.74, 6) is 0. The number of urea groups is 1. The molecule has 0 atom stereocenters. The lowest BCUT2D eigenvalue weighted by Gasteiger charge is -2.48. The zero-order chi connectivity index (χ0) is 20.5. The maximum absolute atomic E-state index is 12.9. The number of rotatable bonds is 4. The summed E-state index contributed by atoms with van der Waals surface area (Å²) in [6, 6.07) is 14.6. The molecule has 2 fully saturated rings. The van der Waals surface area contributed by atoms with Crippen molar-refractivity contribution < 1.29 is 4.79 Å². The van der Waals surface area contributed by atoms with E-state index in [0.717, 1.165) is 36.9 Å². The molecule has 0 radical (unpaired) electrons. The number of nitrogens with one attached hydrogen (secondary N) is 1. The Morgan fingerprint density at radius 3 is 2.55 bits per heavy atom. The largest absolute Gasteiger partial charge is 0.330 e. The van der Waals surface area contributed by atoms with Crippen LogP contribution in [0.3, 0.4) is 0 Å². The lowest BCUT2D eigenvalue weighted by Crippen LogP contribution is -2.54. The van der Waals surface area contributed by atoms with Gasteiger partial charge >= 0.3 is 6.03 Å². The van der Waals surface area contributed by atoms with E-state index in [9.17, 15) is 4.79 Å². The summed E-state index contributed by atoms with van der Waals surface area (Å²) in [7, 11) is 4.29. The van der Waals surface area contributed by atoms with Crippen molar-refractivity contribution in [2.24, 2.45) is 0 Å². The normalized spacial score (nSPS) is 26.6. The van der Waals surface area contributed by atoms with Crippen LogP contribution in [-0.4, -0.2) is 42.1 Å². The molecule has 1 spiro atoms. The highest BCUT2D eigenvalue weighted by molar-refractivity contribution is 5.96. The van der Waals surface area contributed by atoms with E-state index in [0.29, 0.717) is 6.54 Å². The summed E-state index contributed by atoms with van der Waals surface area (Å²) in [5.41, 5.74) is 2.69. The molecule has 0 unspecified atom stereocenters. The lowest BCUT2D eigenvalue weighted by molar-refractivity contribution is 0.0658. The van der Waals surface area contributed by atoms with Crippen LogP contribution in [-0.2, 0) is 12.0 Å². The molecule has 2 heterocycles. The van der Waals surface area contributed by atoms with Gasteiger partial charge in [-0.1, -0.05) is 30.3 Å². The molecule has 1 N–H and O–H groups in total. The molecule has 2 aromatic rings. The average Bonchev–Trinajstić information content (AvgIpc) is 3.05. The molecule has 0 bridgehead atoms. The van der Waals surface area contributed by atoms with E-state index in [1.807, 2.05) is 6.07 Å². The van der Waals surface area contributed by atoms with E-state index in [2.05, 4.69) is 65.7 Å². The highest BCUT2D eigenvalue weighted by atomic mass is 16.2. The second kappa shape index (κ2) is 7.49. The highest BCUT2D eigenvalue weighted by Crippen LogP contribution is 2.46. The quantitative estimate of drug-likeness (QED) is 0.869. The van der Waals surface area contributed by atoms with Crippen LogP contribution in [0.25, 0.3) is 0 Å². The number of nitriles is 1. The van der Waals surface area contributed by atoms with Gasteiger partial charge in [-0.15, -0.1) is 0 Å². The van der Waals surface area contributed by atoms with Crippen molar-refractivity contribution in [2.75, 3.05) is 25.5 Å². The molecule has 4 rings (SSSR count). The van der Waals surface area contributed by atoms with Crippen molar-refractivity contribution in [3.63, 3.8) is 0 Å². The van der Waals surface area contributed by atoms with E-state index in [4.69, 9.17) is 5.26 Å². The van der Waals surface area contributed by atoms with Crippen LogP contribution in [0, 0.1) is 11.3 Å². The summed E-state index contributed by atoms with van der Waals surface area (Å²) in [6.07, 6.45) is 7.43. The minimum atomic E-state index is -0.231. The maximum atomic E-state index is 12.9. The van der Waals surface area contributed by atoms with E-state index in [1.165, 1.54) is 5.56 Å². The Labute approximate surface area is 172 Å². The van der Waals surface area contributed by atoms with Gasteiger partial charge < -0.3 is 5.32 Å². The van der Waals surface area contributed by atoms with Crippen LogP contribution in [0.2, 0.25) is 0 Å². The Hall–Kier alpha value is -2.91. The first-order chi connectivity index (χ1) is 14.0. The highest BCUT2D eigenvalue weighted by Gasteiger charge is 2.50. The monoisotopic (exact) mass is 389 g/mol. The summed E-state index contributed by atoms with van der Waals surface area (Å²) < 4.78 is 0. The first kappa shape index (κ1) is 19.4. The fraction of sp³-hybridized carbons (Fsp3) is 0.435.